The summed E-state index contributed by atoms with van der Waals surface area (Å²) in [6, 6.07) is 17.5. The molecule has 0 aliphatic rings. The van der Waals surface area contributed by atoms with Crippen LogP contribution in [0.1, 0.15) is 16.1 Å². The molecule has 0 aliphatic heterocycles. The van der Waals surface area contributed by atoms with Gasteiger partial charge in [-0.2, -0.15) is 0 Å². The molecule has 1 heterocycles. The largest absolute Gasteiger partial charge is 0.497 e. The molecular formula is C22H20N2O4S. The summed E-state index contributed by atoms with van der Waals surface area (Å²) in [6.07, 6.45) is 4.93. The molecule has 2 aromatic carbocycles. The lowest BCUT2D eigenvalue weighted by Crippen LogP contribution is -2.30. The van der Waals surface area contributed by atoms with Crippen LogP contribution in [0.4, 0.5) is 5.69 Å². The monoisotopic (exact) mass is 408 g/mol. The molecule has 7 heteroatoms. The fourth-order valence-electron chi connectivity index (χ4n) is 2.51. The number of amides is 2. The first-order valence-corrected chi connectivity index (χ1v) is 9.97. The van der Waals surface area contributed by atoms with Crippen molar-refractivity contribution in [2.75, 3.05) is 18.7 Å². The van der Waals surface area contributed by atoms with Crippen molar-refractivity contribution in [1.29, 1.82) is 0 Å². The molecule has 2 amide bonds. The van der Waals surface area contributed by atoms with Gasteiger partial charge in [-0.05, 0) is 60.9 Å². The Hall–Kier alpha value is -3.45. The summed E-state index contributed by atoms with van der Waals surface area (Å²) in [5.41, 5.74) is 1.09. The fourth-order valence-corrected chi connectivity index (χ4v) is 2.97. The second kappa shape index (κ2) is 9.66. The maximum atomic E-state index is 12.8. The van der Waals surface area contributed by atoms with E-state index in [-0.39, 0.29) is 5.70 Å². The number of hydrogen-bond acceptors (Lipinski definition) is 5. The average Bonchev–Trinajstić information content (AvgIpc) is 3.26. The first-order chi connectivity index (χ1) is 14.1. The maximum Gasteiger partial charge on any atom is 0.272 e. The van der Waals surface area contributed by atoms with Crippen LogP contribution in [0.25, 0.3) is 6.08 Å². The van der Waals surface area contributed by atoms with Crippen LogP contribution >= 0.6 is 11.8 Å². The fraction of sp³-hybridized carbons (Fsp3) is 0.0909. The van der Waals surface area contributed by atoms with Gasteiger partial charge in [-0.1, -0.05) is 6.07 Å². The minimum Gasteiger partial charge on any atom is -0.497 e. The molecule has 0 radical (unpaired) electrons. The van der Waals surface area contributed by atoms with E-state index in [2.05, 4.69) is 10.6 Å². The zero-order valence-corrected chi connectivity index (χ0v) is 16.8. The van der Waals surface area contributed by atoms with Crippen molar-refractivity contribution in [3.8, 4) is 5.75 Å². The summed E-state index contributed by atoms with van der Waals surface area (Å²) >= 11 is 1.57. The number of benzene rings is 2. The van der Waals surface area contributed by atoms with E-state index in [1.807, 2.05) is 24.5 Å². The first kappa shape index (κ1) is 20.3. The van der Waals surface area contributed by atoms with Gasteiger partial charge in [0.1, 0.15) is 17.2 Å². The van der Waals surface area contributed by atoms with E-state index in [9.17, 15) is 9.59 Å². The summed E-state index contributed by atoms with van der Waals surface area (Å²) < 4.78 is 10.4. The van der Waals surface area contributed by atoms with Crippen LogP contribution in [-0.2, 0) is 4.79 Å². The number of furan rings is 1. The number of hydrogen-bond donors (Lipinski definition) is 2. The van der Waals surface area contributed by atoms with Gasteiger partial charge in [-0.15, -0.1) is 11.8 Å². The van der Waals surface area contributed by atoms with Crippen molar-refractivity contribution in [3.63, 3.8) is 0 Å². The molecule has 0 bridgehead atoms. The van der Waals surface area contributed by atoms with Crippen molar-refractivity contribution >= 4 is 35.3 Å². The van der Waals surface area contributed by atoms with Crippen LogP contribution < -0.4 is 15.4 Å². The van der Waals surface area contributed by atoms with Gasteiger partial charge in [0, 0.05) is 22.2 Å². The number of methoxy groups -OCH3 is 1. The number of anilines is 1. The van der Waals surface area contributed by atoms with E-state index in [0.717, 1.165) is 4.90 Å². The van der Waals surface area contributed by atoms with Crippen LogP contribution in [0.5, 0.6) is 5.75 Å². The van der Waals surface area contributed by atoms with Crippen molar-refractivity contribution in [2.24, 2.45) is 0 Å². The van der Waals surface area contributed by atoms with Gasteiger partial charge in [-0.25, -0.2) is 0 Å². The summed E-state index contributed by atoms with van der Waals surface area (Å²) in [7, 11) is 1.55. The normalized spacial score (nSPS) is 11.0. The molecule has 1 aromatic heterocycles. The number of nitrogens with one attached hydrogen (secondary N) is 2. The van der Waals surface area contributed by atoms with E-state index in [0.29, 0.717) is 22.8 Å². The maximum absolute atomic E-state index is 12.8. The van der Waals surface area contributed by atoms with E-state index in [1.165, 1.54) is 12.3 Å². The van der Waals surface area contributed by atoms with Crippen LogP contribution in [0.15, 0.2) is 81.9 Å². The van der Waals surface area contributed by atoms with Gasteiger partial charge < -0.3 is 19.8 Å². The molecule has 3 rings (SSSR count). The predicted octanol–water partition coefficient (Wildman–Crippen LogP) is 4.42. The predicted molar refractivity (Wildman–Crippen MR) is 114 cm³/mol. The third-order valence-corrected chi connectivity index (χ3v) is 4.73. The average molecular weight is 408 g/mol. The quantitative estimate of drug-likeness (QED) is 0.447. The molecule has 3 aromatic rings. The van der Waals surface area contributed by atoms with E-state index in [1.54, 1.807) is 61.3 Å². The van der Waals surface area contributed by atoms with Gasteiger partial charge >= 0.3 is 0 Å². The number of ether oxygens (including phenoxy) is 1. The molecule has 0 atom stereocenters. The number of carbonyl (C=O) groups excluding carboxylic acids is 2. The second-order valence-electron chi connectivity index (χ2n) is 5.94. The van der Waals surface area contributed by atoms with Crippen molar-refractivity contribution < 1.29 is 18.7 Å². The summed E-state index contributed by atoms with van der Waals surface area (Å²) in [6.45, 7) is 0. The highest BCUT2D eigenvalue weighted by Gasteiger charge is 2.16. The Morgan fingerprint density at radius 1 is 1.07 bits per heavy atom. The Morgan fingerprint density at radius 2 is 1.86 bits per heavy atom. The minimum atomic E-state index is -0.457. The lowest BCUT2D eigenvalue weighted by Gasteiger charge is -2.11. The lowest BCUT2D eigenvalue weighted by molar-refractivity contribution is -0.113. The van der Waals surface area contributed by atoms with Crippen LogP contribution in [0.2, 0.25) is 0 Å². The molecule has 0 saturated carbocycles. The van der Waals surface area contributed by atoms with Gasteiger partial charge in [0.05, 0.1) is 13.4 Å². The van der Waals surface area contributed by atoms with Crippen LogP contribution in [0.3, 0.4) is 0 Å². The minimum absolute atomic E-state index is 0.0651. The van der Waals surface area contributed by atoms with Crippen molar-refractivity contribution in [2.45, 2.75) is 4.90 Å². The molecule has 2 N–H and O–H groups in total. The molecule has 0 fully saturated rings. The third kappa shape index (κ3) is 5.52. The van der Waals surface area contributed by atoms with E-state index in [4.69, 9.17) is 9.15 Å². The molecule has 148 valence electrons. The Kier molecular flexibility index (Phi) is 6.76. The van der Waals surface area contributed by atoms with Gasteiger partial charge in [0.15, 0.2) is 0 Å². The molecule has 0 unspecified atom stereocenters. The smallest absolute Gasteiger partial charge is 0.272 e. The highest BCUT2D eigenvalue weighted by Crippen LogP contribution is 2.20. The van der Waals surface area contributed by atoms with Gasteiger partial charge in [0.2, 0.25) is 0 Å². The second-order valence-corrected chi connectivity index (χ2v) is 6.82. The highest BCUT2D eigenvalue weighted by atomic mass is 32.2. The number of rotatable bonds is 7. The molecular weight excluding hydrogens is 388 g/mol. The molecule has 0 spiro atoms. The SMILES string of the molecule is COc1ccc(C(=O)N/C(=C\c2ccco2)C(=O)Nc2cccc(SC)c2)cc1. The third-order valence-electron chi connectivity index (χ3n) is 4.00. The molecule has 0 saturated heterocycles. The summed E-state index contributed by atoms with van der Waals surface area (Å²) in [5.74, 6) is 0.211. The van der Waals surface area contributed by atoms with Gasteiger partial charge in [-0.3, -0.25) is 9.59 Å². The van der Waals surface area contributed by atoms with Crippen LogP contribution in [0, 0.1) is 0 Å². The van der Waals surface area contributed by atoms with Gasteiger partial charge in [0.25, 0.3) is 11.8 Å². The van der Waals surface area contributed by atoms with Crippen molar-refractivity contribution in [1.82, 2.24) is 5.32 Å². The summed E-state index contributed by atoms with van der Waals surface area (Å²) in [4.78, 5) is 26.5. The molecule has 6 nitrogen and oxygen atoms in total. The first-order valence-electron chi connectivity index (χ1n) is 8.75. The number of thioether (sulfide) groups is 1. The highest BCUT2D eigenvalue weighted by molar-refractivity contribution is 7.98. The lowest BCUT2D eigenvalue weighted by atomic mass is 10.2. The van der Waals surface area contributed by atoms with Crippen molar-refractivity contribution in [3.05, 3.63) is 83.9 Å². The summed E-state index contributed by atoms with van der Waals surface area (Å²) in [5, 5.41) is 5.47. The van der Waals surface area contributed by atoms with E-state index >= 15 is 0 Å². The Morgan fingerprint density at radius 3 is 2.52 bits per heavy atom. The Labute approximate surface area is 172 Å². The Balaban J connectivity index is 1.82. The topological polar surface area (TPSA) is 80.6 Å². The zero-order valence-electron chi connectivity index (χ0n) is 16.0. The van der Waals surface area contributed by atoms with E-state index < -0.39 is 11.8 Å². The standard InChI is InChI=1S/C22H20N2O4S/c1-27-17-10-8-15(9-11-17)21(25)24-20(14-18-6-4-12-28-18)22(26)23-16-5-3-7-19(13-16)29-2/h3-14H,1-2H3,(H,23,26)(H,24,25)/b20-14-. The zero-order chi connectivity index (χ0) is 20.6. The Bertz CT molecular complexity index is 1010. The molecule has 0 aliphatic carbocycles. The number of carbonyl (C=O) groups is 2. The van der Waals surface area contributed by atoms with Crippen LogP contribution in [-0.4, -0.2) is 25.2 Å². The molecule has 29 heavy (non-hydrogen) atoms.